The zero-order valence-corrected chi connectivity index (χ0v) is 13.5. The Morgan fingerprint density at radius 1 is 1.15 bits per heavy atom. The van der Waals surface area contributed by atoms with E-state index < -0.39 is 6.10 Å². The minimum atomic E-state index is -0.492. The monoisotopic (exact) mass is 279 g/mol. The van der Waals surface area contributed by atoms with Gasteiger partial charge in [-0.05, 0) is 56.9 Å². The Morgan fingerprint density at radius 3 is 2.20 bits per heavy atom. The summed E-state index contributed by atoms with van der Waals surface area (Å²) in [5, 5.41) is 13.4. The van der Waals surface area contributed by atoms with Gasteiger partial charge in [0.05, 0.1) is 0 Å². The van der Waals surface area contributed by atoms with Crippen LogP contribution in [0.15, 0.2) is 18.2 Å². The molecule has 2 N–H and O–H groups in total. The Bertz CT molecular complexity index is 393. The zero-order valence-electron chi connectivity index (χ0n) is 13.5. The molecule has 0 aliphatic rings. The van der Waals surface area contributed by atoms with Crippen LogP contribution >= 0.6 is 0 Å². The quantitative estimate of drug-likeness (QED) is 0.768. The van der Waals surface area contributed by atoms with Crippen LogP contribution in [-0.4, -0.2) is 29.9 Å². The van der Waals surface area contributed by atoms with E-state index in [1.54, 1.807) is 0 Å². The predicted molar refractivity (Wildman–Crippen MR) is 84.4 cm³/mol. The lowest BCUT2D eigenvalue weighted by molar-refractivity contribution is 0.0966. The van der Waals surface area contributed by atoms with Crippen LogP contribution in [0.5, 0.6) is 5.75 Å². The van der Waals surface area contributed by atoms with Crippen LogP contribution in [0.2, 0.25) is 0 Å². The summed E-state index contributed by atoms with van der Waals surface area (Å²) in [6.45, 7) is 11.5. The van der Waals surface area contributed by atoms with Crippen LogP contribution in [-0.2, 0) is 0 Å². The molecule has 114 valence electrons. The van der Waals surface area contributed by atoms with Crippen LogP contribution in [0.3, 0.4) is 0 Å². The number of β-amino-alcohol motifs (C(OH)–C–C–N with tert-alkyl or cyclic N) is 1. The molecule has 3 nitrogen and oxygen atoms in total. The zero-order chi connectivity index (χ0) is 15.2. The lowest BCUT2D eigenvalue weighted by Crippen LogP contribution is -2.46. The van der Waals surface area contributed by atoms with Crippen molar-refractivity contribution in [1.29, 1.82) is 0 Å². The standard InChI is InChI=1S/C17H29NO2/c1-6-17(5,7-2)18-11-15(19)12-20-16-9-13(3)8-14(4)10-16/h8-10,15,18-19H,6-7,11-12H2,1-5H3. The van der Waals surface area contributed by atoms with E-state index in [0.29, 0.717) is 13.2 Å². The second kappa shape index (κ2) is 7.65. The van der Waals surface area contributed by atoms with E-state index in [2.05, 4.69) is 32.2 Å². The van der Waals surface area contributed by atoms with Crippen molar-refractivity contribution in [2.24, 2.45) is 0 Å². The highest BCUT2D eigenvalue weighted by Gasteiger charge is 2.19. The van der Waals surface area contributed by atoms with E-state index in [1.165, 1.54) is 11.1 Å². The second-order valence-electron chi connectivity index (χ2n) is 5.94. The maximum atomic E-state index is 10.0. The van der Waals surface area contributed by atoms with E-state index in [9.17, 15) is 5.11 Å². The van der Waals surface area contributed by atoms with Crippen LogP contribution in [0.4, 0.5) is 0 Å². The van der Waals surface area contributed by atoms with E-state index in [-0.39, 0.29) is 5.54 Å². The minimum Gasteiger partial charge on any atom is -0.491 e. The lowest BCUT2D eigenvalue weighted by Gasteiger charge is -2.29. The summed E-state index contributed by atoms with van der Waals surface area (Å²) >= 11 is 0. The molecule has 0 spiro atoms. The van der Waals surface area contributed by atoms with E-state index >= 15 is 0 Å². The molecule has 0 radical (unpaired) electrons. The second-order valence-corrected chi connectivity index (χ2v) is 5.94. The Morgan fingerprint density at radius 2 is 1.70 bits per heavy atom. The first kappa shape index (κ1) is 17.0. The van der Waals surface area contributed by atoms with Gasteiger partial charge < -0.3 is 15.2 Å². The smallest absolute Gasteiger partial charge is 0.119 e. The Labute approximate surface area is 123 Å². The highest BCUT2D eigenvalue weighted by Crippen LogP contribution is 2.17. The van der Waals surface area contributed by atoms with Crippen LogP contribution in [0, 0.1) is 13.8 Å². The van der Waals surface area contributed by atoms with Gasteiger partial charge in [0.25, 0.3) is 0 Å². The first-order valence-corrected chi connectivity index (χ1v) is 7.52. The van der Waals surface area contributed by atoms with Crippen molar-refractivity contribution in [1.82, 2.24) is 5.32 Å². The Kier molecular flexibility index (Phi) is 6.50. The number of aliphatic hydroxyl groups is 1. The molecular weight excluding hydrogens is 250 g/mol. The maximum absolute atomic E-state index is 10.0. The molecule has 0 amide bonds. The van der Waals surface area contributed by atoms with Gasteiger partial charge in [-0.15, -0.1) is 0 Å². The third-order valence-electron chi connectivity index (χ3n) is 3.96. The van der Waals surface area contributed by atoms with Gasteiger partial charge in [-0.25, -0.2) is 0 Å². The summed E-state index contributed by atoms with van der Waals surface area (Å²) in [4.78, 5) is 0. The average Bonchev–Trinajstić information content (AvgIpc) is 2.41. The molecule has 0 aliphatic heterocycles. The Balaban J connectivity index is 2.41. The minimum absolute atomic E-state index is 0.0981. The molecule has 0 aliphatic carbocycles. The van der Waals surface area contributed by atoms with Crippen molar-refractivity contribution in [2.45, 2.75) is 59.1 Å². The third-order valence-corrected chi connectivity index (χ3v) is 3.96. The number of nitrogens with one attached hydrogen (secondary N) is 1. The van der Waals surface area contributed by atoms with Gasteiger partial charge in [-0.2, -0.15) is 0 Å². The summed E-state index contributed by atoms with van der Waals surface area (Å²) in [7, 11) is 0. The fourth-order valence-electron chi connectivity index (χ4n) is 2.13. The number of rotatable bonds is 8. The summed E-state index contributed by atoms with van der Waals surface area (Å²) < 4.78 is 5.67. The SMILES string of the molecule is CCC(C)(CC)NCC(O)COc1cc(C)cc(C)c1. The van der Waals surface area contributed by atoms with Gasteiger partial charge in [0.1, 0.15) is 18.5 Å². The normalized spacial score (nSPS) is 13.3. The molecule has 1 atom stereocenters. The van der Waals surface area contributed by atoms with Gasteiger partial charge in [0.15, 0.2) is 0 Å². The summed E-state index contributed by atoms with van der Waals surface area (Å²) in [5.74, 6) is 0.829. The highest BCUT2D eigenvalue weighted by atomic mass is 16.5. The fourth-order valence-corrected chi connectivity index (χ4v) is 2.13. The number of ether oxygens (including phenoxy) is 1. The van der Waals surface area contributed by atoms with Crippen molar-refractivity contribution >= 4 is 0 Å². The van der Waals surface area contributed by atoms with Crippen LogP contribution in [0.25, 0.3) is 0 Å². The van der Waals surface area contributed by atoms with E-state index in [4.69, 9.17) is 4.74 Å². The van der Waals surface area contributed by atoms with Crippen molar-refractivity contribution < 1.29 is 9.84 Å². The maximum Gasteiger partial charge on any atom is 0.119 e. The van der Waals surface area contributed by atoms with Gasteiger partial charge >= 0.3 is 0 Å². The van der Waals surface area contributed by atoms with Crippen molar-refractivity contribution in [2.75, 3.05) is 13.2 Å². The molecule has 20 heavy (non-hydrogen) atoms. The number of benzene rings is 1. The van der Waals surface area contributed by atoms with Crippen LogP contribution in [0.1, 0.15) is 44.7 Å². The molecule has 1 aromatic rings. The van der Waals surface area contributed by atoms with E-state index in [0.717, 1.165) is 18.6 Å². The fraction of sp³-hybridized carbons (Fsp3) is 0.647. The molecule has 0 saturated carbocycles. The molecule has 0 saturated heterocycles. The predicted octanol–water partition coefficient (Wildman–Crippen LogP) is 3.21. The van der Waals surface area contributed by atoms with Crippen molar-refractivity contribution in [3.05, 3.63) is 29.3 Å². The summed E-state index contributed by atoms with van der Waals surface area (Å²) in [6, 6.07) is 6.10. The van der Waals surface area contributed by atoms with Crippen LogP contribution < -0.4 is 10.1 Å². The average molecular weight is 279 g/mol. The van der Waals surface area contributed by atoms with Crippen molar-refractivity contribution in [3.8, 4) is 5.75 Å². The molecule has 0 fully saturated rings. The largest absolute Gasteiger partial charge is 0.491 e. The number of aryl methyl sites for hydroxylation is 2. The molecule has 1 unspecified atom stereocenters. The molecule has 0 bridgehead atoms. The first-order valence-electron chi connectivity index (χ1n) is 7.52. The molecule has 1 rings (SSSR count). The number of hydrogen-bond acceptors (Lipinski definition) is 3. The van der Waals surface area contributed by atoms with Gasteiger partial charge in [-0.1, -0.05) is 19.9 Å². The highest BCUT2D eigenvalue weighted by molar-refractivity contribution is 5.32. The Hall–Kier alpha value is -1.06. The molecule has 3 heteroatoms. The number of hydrogen-bond donors (Lipinski definition) is 2. The summed E-state index contributed by atoms with van der Waals surface area (Å²) in [5.41, 5.74) is 2.45. The molecule has 0 heterocycles. The lowest BCUT2D eigenvalue weighted by atomic mass is 9.95. The topological polar surface area (TPSA) is 41.5 Å². The van der Waals surface area contributed by atoms with E-state index in [1.807, 2.05) is 26.0 Å². The summed E-state index contributed by atoms with van der Waals surface area (Å²) in [6.07, 6.45) is 1.61. The van der Waals surface area contributed by atoms with Gasteiger partial charge in [0.2, 0.25) is 0 Å². The number of aliphatic hydroxyl groups excluding tert-OH is 1. The third kappa shape index (κ3) is 5.51. The van der Waals surface area contributed by atoms with Gasteiger partial charge in [-0.3, -0.25) is 0 Å². The first-order chi connectivity index (χ1) is 9.38. The molecule has 0 aromatic heterocycles. The molecule has 1 aromatic carbocycles. The van der Waals surface area contributed by atoms with Gasteiger partial charge in [0, 0.05) is 12.1 Å². The van der Waals surface area contributed by atoms with Crippen molar-refractivity contribution in [3.63, 3.8) is 0 Å². The molecular formula is C17H29NO2.